The van der Waals surface area contributed by atoms with Crippen LogP contribution in [0, 0.1) is 6.92 Å². The van der Waals surface area contributed by atoms with Gasteiger partial charge in [-0.25, -0.2) is 0 Å². The molecule has 19 heavy (non-hydrogen) atoms. The normalized spacial score (nSPS) is 14.3. The van der Waals surface area contributed by atoms with E-state index in [-0.39, 0.29) is 6.61 Å². The number of hydrogen-bond donors (Lipinski definition) is 2. The fourth-order valence-corrected chi connectivity index (χ4v) is 4.06. The van der Waals surface area contributed by atoms with E-state index in [0.29, 0.717) is 6.54 Å². The number of nitrogens with two attached hydrogens (primary N) is 1. The average Bonchev–Trinajstić information content (AvgIpc) is 2.82. The highest BCUT2D eigenvalue weighted by Crippen LogP contribution is 2.33. The van der Waals surface area contributed by atoms with E-state index in [1.165, 1.54) is 10.4 Å². The number of rotatable bonds is 5. The molecular weight excluding hydrogens is 322 g/mol. The van der Waals surface area contributed by atoms with Crippen LogP contribution in [-0.4, -0.2) is 18.3 Å². The van der Waals surface area contributed by atoms with Gasteiger partial charge in [0, 0.05) is 16.8 Å². The van der Waals surface area contributed by atoms with Crippen LogP contribution in [0.5, 0.6) is 0 Å². The lowest BCUT2D eigenvalue weighted by Crippen LogP contribution is -2.41. The van der Waals surface area contributed by atoms with Gasteiger partial charge in [-0.2, -0.15) is 0 Å². The molecule has 0 aliphatic rings. The Morgan fingerprint density at radius 2 is 2.00 bits per heavy atom. The predicted molar refractivity (Wildman–Crippen MR) is 84.7 cm³/mol. The lowest BCUT2D eigenvalue weighted by Gasteiger charge is -2.32. The summed E-state index contributed by atoms with van der Waals surface area (Å²) in [6, 6.07) is 12.3. The molecular formula is C15H18BrNOS. The van der Waals surface area contributed by atoms with E-state index in [1.807, 2.05) is 18.2 Å². The van der Waals surface area contributed by atoms with E-state index in [0.717, 1.165) is 15.8 Å². The third-order valence-electron chi connectivity index (χ3n) is 3.55. The van der Waals surface area contributed by atoms with Crippen molar-refractivity contribution in [2.75, 3.05) is 13.2 Å². The zero-order chi connectivity index (χ0) is 13.9. The maximum Gasteiger partial charge on any atom is 0.0701 e. The van der Waals surface area contributed by atoms with Gasteiger partial charge in [-0.3, -0.25) is 0 Å². The second-order valence-electron chi connectivity index (χ2n) is 4.84. The molecule has 2 nitrogen and oxygen atoms in total. The highest BCUT2D eigenvalue weighted by molar-refractivity contribution is 9.11. The Bertz CT molecular complexity index is 549. The molecule has 0 amide bonds. The summed E-state index contributed by atoms with van der Waals surface area (Å²) < 4.78 is 1.11. The Labute approximate surface area is 126 Å². The minimum absolute atomic E-state index is 0.0594. The lowest BCUT2D eigenvalue weighted by molar-refractivity contribution is 0.196. The van der Waals surface area contributed by atoms with E-state index in [1.54, 1.807) is 11.3 Å². The van der Waals surface area contributed by atoms with Gasteiger partial charge < -0.3 is 10.8 Å². The van der Waals surface area contributed by atoms with Crippen LogP contribution in [0.1, 0.15) is 16.0 Å². The van der Waals surface area contributed by atoms with Crippen molar-refractivity contribution in [3.63, 3.8) is 0 Å². The maximum atomic E-state index is 9.94. The first-order chi connectivity index (χ1) is 9.11. The number of thiophene rings is 1. The topological polar surface area (TPSA) is 46.2 Å². The van der Waals surface area contributed by atoms with Gasteiger partial charge in [0.1, 0.15) is 0 Å². The summed E-state index contributed by atoms with van der Waals surface area (Å²) in [5, 5.41) is 9.94. The zero-order valence-corrected chi connectivity index (χ0v) is 13.3. The zero-order valence-electron chi connectivity index (χ0n) is 10.9. The smallest absolute Gasteiger partial charge is 0.0701 e. The Morgan fingerprint density at radius 1 is 1.26 bits per heavy atom. The number of aliphatic hydroxyl groups excluding tert-OH is 1. The number of aliphatic hydroxyl groups is 1. The Hall–Kier alpha value is -0.680. The highest BCUT2D eigenvalue weighted by atomic mass is 79.9. The van der Waals surface area contributed by atoms with Crippen molar-refractivity contribution >= 4 is 27.3 Å². The lowest BCUT2D eigenvalue weighted by atomic mass is 9.76. The summed E-state index contributed by atoms with van der Waals surface area (Å²) in [6.45, 7) is 2.56. The minimum atomic E-state index is -0.393. The fraction of sp³-hybridized carbons (Fsp3) is 0.333. The SMILES string of the molecule is Cc1ccccc1C(CN)(CO)Cc1ccc(Br)s1. The van der Waals surface area contributed by atoms with Crippen molar-refractivity contribution in [2.45, 2.75) is 18.8 Å². The Morgan fingerprint density at radius 3 is 2.53 bits per heavy atom. The maximum absolute atomic E-state index is 9.94. The van der Waals surface area contributed by atoms with Crippen molar-refractivity contribution in [3.05, 3.63) is 56.2 Å². The number of benzene rings is 1. The third kappa shape index (κ3) is 3.08. The number of hydrogen-bond acceptors (Lipinski definition) is 3. The van der Waals surface area contributed by atoms with E-state index >= 15 is 0 Å². The summed E-state index contributed by atoms with van der Waals surface area (Å²) >= 11 is 5.17. The van der Waals surface area contributed by atoms with Crippen LogP contribution in [0.2, 0.25) is 0 Å². The van der Waals surface area contributed by atoms with Gasteiger partial charge in [0.05, 0.1) is 10.4 Å². The first-order valence-electron chi connectivity index (χ1n) is 6.22. The molecule has 1 aromatic heterocycles. The molecule has 0 saturated carbocycles. The molecule has 0 spiro atoms. The van der Waals surface area contributed by atoms with Crippen molar-refractivity contribution in [1.82, 2.24) is 0 Å². The molecule has 3 N–H and O–H groups in total. The second kappa shape index (κ2) is 6.18. The van der Waals surface area contributed by atoms with Gasteiger partial charge >= 0.3 is 0 Å². The Balaban J connectivity index is 2.40. The number of halogens is 1. The quantitative estimate of drug-likeness (QED) is 0.878. The van der Waals surface area contributed by atoms with Gasteiger partial charge in [0.2, 0.25) is 0 Å². The molecule has 2 rings (SSSR count). The summed E-state index contributed by atoms with van der Waals surface area (Å²) in [5.74, 6) is 0. The summed E-state index contributed by atoms with van der Waals surface area (Å²) in [6.07, 6.45) is 0.765. The molecule has 2 aromatic rings. The first-order valence-corrected chi connectivity index (χ1v) is 7.83. The fourth-order valence-electron chi connectivity index (χ4n) is 2.43. The molecule has 1 aromatic carbocycles. The molecule has 102 valence electrons. The van der Waals surface area contributed by atoms with Crippen LogP contribution in [0.15, 0.2) is 40.2 Å². The van der Waals surface area contributed by atoms with Crippen molar-refractivity contribution in [2.24, 2.45) is 5.73 Å². The summed E-state index contributed by atoms with van der Waals surface area (Å²) in [5.41, 5.74) is 7.93. The molecule has 0 fully saturated rings. The standard InChI is InChI=1S/C15H18BrNOS/c1-11-4-2-3-5-13(11)15(9-17,10-18)8-12-6-7-14(16)19-12/h2-7,18H,8-10,17H2,1H3. The average molecular weight is 340 g/mol. The first kappa shape index (κ1) is 14.7. The monoisotopic (exact) mass is 339 g/mol. The predicted octanol–water partition coefficient (Wildman–Crippen LogP) is 3.25. The van der Waals surface area contributed by atoms with E-state index in [4.69, 9.17) is 5.73 Å². The third-order valence-corrected chi connectivity index (χ3v) is 5.17. The van der Waals surface area contributed by atoms with Crippen LogP contribution < -0.4 is 5.73 Å². The van der Waals surface area contributed by atoms with Gasteiger partial charge in [0.25, 0.3) is 0 Å². The van der Waals surface area contributed by atoms with Crippen LogP contribution in [0.25, 0.3) is 0 Å². The molecule has 1 heterocycles. The molecule has 1 unspecified atom stereocenters. The summed E-state index contributed by atoms with van der Waals surface area (Å²) in [4.78, 5) is 1.23. The van der Waals surface area contributed by atoms with Crippen molar-refractivity contribution < 1.29 is 5.11 Å². The van der Waals surface area contributed by atoms with Crippen LogP contribution in [0.3, 0.4) is 0 Å². The molecule has 4 heteroatoms. The van der Waals surface area contributed by atoms with Crippen LogP contribution in [-0.2, 0) is 11.8 Å². The molecule has 0 aliphatic carbocycles. The summed E-state index contributed by atoms with van der Waals surface area (Å²) in [7, 11) is 0. The van der Waals surface area contributed by atoms with Gasteiger partial charge in [-0.15, -0.1) is 11.3 Å². The van der Waals surface area contributed by atoms with E-state index in [2.05, 4.69) is 41.1 Å². The second-order valence-corrected chi connectivity index (χ2v) is 7.39. The number of aryl methyl sites for hydroxylation is 1. The van der Waals surface area contributed by atoms with Gasteiger partial charge in [-0.05, 0) is 52.5 Å². The van der Waals surface area contributed by atoms with Crippen molar-refractivity contribution in [3.8, 4) is 0 Å². The van der Waals surface area contributed by atoms with Crippen LogP contribution >= 0.6 is 27.3 Å². The van der Waals surface area contributed by atoms with Crippen LogP contribution in [0.4, 0.5) is 0 Å². The highest BCUT2D eigenvalue weighted by Gasteiger charge is 2.32. The van der Waals surface area contributed by atoms with Crippen molar-refractivity contribution in [1.29, 1.82) is 0 Å². The van der Waals surface area contributed by atoms with E-state index < -0.39 is 5.41 Å². The molecule has 0 radical (unpaired) electrons. The van der Waals surface area contributed by atoms with E-state index in [9.17, 15) is 5.11 Å². The minimum Gasteiger partial charge on any atom is -0.395 e. The Kier molecular flexibility index (Phi) is 4.79. The molecule has 0 saturated heterocycles. The largest absolute Gasteiger partial charge is 0.395 e. The molecule has 0 bridgehead atoms. The van der Waals surface area contributed by atoms with Gasteiger partial charge in [-0.1, -0.05) is 24.3 Å². The van der Waals surface area contributed by atoms with Gasteiger partial charge in [0.15, 0.2) is 0 Å². The molecule has 0 aliphatic heterocycles. The molecule has 1 atom stereocenters.